The summed E-state index contributed by atoms with van der Waals surface area (Å²) in [6.45, 7) is 10.5. The number of piperazine rings is 1. The fraction of sp³-hybridized carbons (Fsp3) is 0.344. The summed E-state index contributed by atoms with van der Waals surface area (Å²) in [6.07, 6.45) is 4.85. The predicted molar refractivity (Wildman–Crippen MR) is 172 cm³/mol. The molecule has 4 heterocycles. The number of rotatable bonds is 7. The van der Waals surface area contributed by atoms with E-state index >= 15 is 8.78 Å². The standard InChI is InChI=1S/C32H35F2N7O2S/c1-8-25(42)39-14-15-40(19(4)17-39)30-20-16-22(34)28(26-21(33)10-9-11-23(26)38(5)6)36-31(20)41(32(43)37-30)29-24(44-7)12-13-35-27(29)18(2)3/h8-13,16,18-19H,1,14-15,17H2,2-7H3/t19-/m0/s1. The van der Waals surface area contributed by atoms with Crippen molar-refractivity contribution in [3.05, 3.63) is 77.0 Å². The third-order valence-corrected chi connectivity index (χ3v) is 8.57. The molecule has 1 aliphatic rings. The Bertz CT molecular complexity index is 1830. The summed E-state index contributed by atoms with van der Waals surface area (Å²) in [6, 6.07) is 7.33. The summed E-state index contributed by atoms with van der Waals surface area (Å²) in [5, 5.41) is 0.287. The lowest BCUT2D eigenvalue weighted by Gasteiger charge is -2.40. The second-order valence-corrected chi connectivity index (χ2v) is 12.1. The molecule has 12 heteroatoms. The van der Waals surface area contributed by atoms with Gasteiger partial charge in [0.15, 0.2) is 11.5 Å². The van der Waals surface area contributed by atoms with Crippen molar-refractivity contribution in [3.63, 3.8) is 0 Å². The summed E-state index contributed by atoms with van der Waals surface area (Å²) in [5.41, 5.74) is 0.855. The fourth-order valence-corrected chi connectivity index (χ4v) is 6.27. The zero-order chi connectivity index (χ0) is 31.9. The van der Waals surface area contributed by atoms with Crippen LogP contribution in [0, 0.1) is 11.6 Å². The number of halogens is 2. The lowest BCUT2D eigenvalue weighted by atomic mass is 10.0. The van der Waals surface area contributed by atoms with E-state index in [9.17, 15) is 9.59 Å². The molecular weight excluding hydrogens is 584 g/mol. The molecule has 0 bridgehead atoms. The maximum atomic E-state index is 16.2. The molecule has 1 aliphatic heterocycles. The van der Waals surface area contributed by atoms with E-state index in [1.165, 1.54) is 34.5 Å². The van der Waals surface area contributed by atoms with E-state index in [1.807, 2.05) is 31.9 Å². The molecule has 1 aromatic carbocycles. The van der Waals surface area contributed by atoms with Gasteiger partial charge >= 0.3 is 5.69 Å². The van der Waals surface area contributed by atoms with Crippen LogP contribution in [0.1, 0.15) is 32.4 Å². The van der Waals surface area contributed by atoms with Crippen molar-refractivity contribution in [1.29, 1.82) is 0 Å². The van der Waals surface area contributed by atoms with Crippen LogP contribution in [0.25, 0.3) is 28.0 Å². The largest absolute Gasteiger partial charge is 0.377 e. The number of aromatic nitrogens is 4. The maximum absolute atomic E-state index is 16.2. The van der Waals surface area contributed by atoms with Crippen molar-refractivity contribution >= 4 is 40.2 Å². The molecule has 230 valence electrons. The van der Waals surface area contributed by atoms with Crippen LogP contribution >= 0.6 is 11.8 Å². The average molecular weight is 620 g/mol. The number of pyridine rings is 2. The molecule has 0 spiro atoms. The van der Waals surface area contributed by atoms with Crippen LogP contribution in [0.15, 0.2) is 58.9 Å². The Kier molecular flexibility index (Phi) is 8.73. The average Bonchev–Trinajstić information content (AvgIpc) is 3.00. The van der Waals surface area contributed by atoms with E-state index in [-0.39, 0.29) is 46.0 Å². The first-order chi connectivity index (χ1) is 21.0. The number of anilines is 2. The smallest absolute Gasteiger partial charge is 0.355 e. The van der Waals surface area contributed by atoms with Crippen molar-refractivity contribution in [3.8, 4) is 16.9 Å². The molecule has 9 nitrogen and oxygen atoms in total. The summed E-state index contributed by atoms with van der Waals surface area (Å²) >= 11 is 1.44. The van der Waals surface area contributed by atoms with Crippen molar-refractivity contribution in [2.24, 2.45) is 0 Å². The molecular formula is C32H35F2N7O2S. The molecule has 1 saturated heterocycles. The third kappa shape index (κ3) is 5.42. The second-order valence-electron chi connectivity index (χ2n) is 11.2. The highest BCUT2D eigenvalue weighted by molar-refractivity contribution is 7.98. The SMILES string of the molecule is C=CC(=O)N1CCN(c2nc(=O)n(-c3c(SC)ccnc3C(C)C)c3nc(-c4c(F)cccc4N(C)C)c(F)cc23)[C@@H](C)C1. The Labute approximate surface area is 259 Å². The predicted octanol–water partition coefficient (Wildman–Crippen LogP) is 5.26. The van der Waals surface area contributed by atoms with Crippen molar-refractivity contribution in [1.82, 2.24) is 24.4 Å². The van der Waals surface area contributed by atoms with Crippen LogP contribution in [-0.4, -0.2) is 76.4 Å². The molecule has 5 rings (SSSR count). The van der Waals surface area contributed by atoms with Gasteiger partial charge in [0.1, 0.15) is 17.3 Å². The first kappa shape index (κ1) is 31.1. The molecule has 1 fully saturated rings. The zero-order valence-corrected chi connectivity index (χ0v) is 26.5. The Hall–Kier alpha value is -4.32. The van der Waals surface area contributed by atoms with Gasteiger partial charge in [0.2, 0.25) is 5.91 Å². The van der Waals surface area contributed by atoms with E-state index in [2.05, 4.69) is 16.5 Å². The van der Waals surface area contributed by atoms with E-state index in [0.717, 1.165) is 4.90 Å². The second kappa shape index (κ2) is 12.4. The number of fused-ring (bicyclic) bond motifs is 1. The Morgan fingerprint density at radius 2 is 1.91 bits per heavy atom. The van der Waals surface area contributed by atoms with Gasteiger partial charge in [-0.15, -0.1) is 11.8 Å². The molecule has 0 aliphatic carbocycles. The Balaban J connectivity index is 1.87. The summed E-state index contributed by atoms with van der Waals surface area (Å²) in [7, 11) is 3.48. The minimum absolute atomic E-state index is 0.0143. The zero-order valence-electron chi connectivity index (χ0n) is 25.6. The van der Waals surface area contributed by atoms with Gasteiger partial charge in [-0.1, -0.05) is 26.5 Å². The van der Waals surface area contributed by atoms with E-state index < -0.39 is 17.3 Å². The van der Waals surface area contributed by atoms with E-state index in [0.29, 0.717) is 36.7 Å². The number of hydrogen-bond acceptors (Lipinski definition) is 8. The number of amides is 1. The topological polar surface area (TPSA) is 87.5 Å². The quantitative estimate of drug-likeness (QED) is 0.205. The summed E-state index contributed by atoms with van der Waals surface area (Å²) in [5.74, 6) is -1.41. The molecule has 4 aromatic rings. The van der Waals surface area contributed by atoms with Crippen LogP contribution in [0.2, 0.25) is 0 Å². The van der Waals surface area contributed by atoms with Gasteiger partial charge in [0.05, 0.1) is 22.3 Å². The van der Waals surface area contributed by atoms with Crippen LogP contribution in [-0.2, 0) is 4.79 Å². The lowest BCUT2D eigenvalue weighted by Crippen LogP contribution is -2.54. The van der Waals surface area contributed by atoms with Crippen LogP contribution < -0.4 is 15.5 Å². The Morgan fingerprint density at radius 1 is 1.16 bits per heavy atom. The van der Waals surface area contributed by atoms with Gasteiger partial charge in [-0.05, 0) is 49.4 Å². The molecule has 44 heavy (non-hydrogen) atoms. The highest BCUT2D eigenvalue weighted by atomic mass is 32.2. The number of nitrogens with zero attached hydrogens (tertiary/aromatic N) is 7. The summed E-state index contributed by atoms with van der Waals surface area (Å²) < 4.78 is 33.0. The first-order valence-electron chi connectivity index (χ1n) is 14.3. The molecule has 0 saturated carbocycles. The normalized spacial score (nSPS) is 15.2. The van der Waals surface area contributed by atoms with Crippen molar-refractivity contribution in [2.75, 3.05) is 49.8 Å². The van der Waals surface area contributed by atoms with Gasteiger partial charge < -0.3 is 14.7 Å². The van der Waals surface area contributed by atoms with Crippen LogP contribution in [0.5, 0.6) is 0 Å². The minimum Gasteiger partial charge on any atom is -0.377 e. The molecule has 3 aromatic heterocycles. The van der Waals surface area contributed by atoms with Gasteiger partial charge in [-0.25, -0.2) is 23.1 Å². The third-order valence-electron chi connectivity index (χ3n) is 7.80. The summed E-state index contributed by atoms with van der Waals surface area (Å²) in [4.78, 5) is 46.3. The van der Waals surface area contributed by atoms with Gasteiger partial charge in [-0.3, -0.25) is 9.78 Å². The van der Waals surface area contributed by atoms with E-state index in [4.69, 9.17) is 4.98 Å². The number of benzene rings is 1. The lowest BCUT2D eigenvalue weighted by molar-refractivity contribution is -0.126. The number of hydrogen-bond donors (Lipinski definition) is 0. The van der Waals surface area contributed by atoms with Gasteiger partial charge in [-0.2, -0.15) is 4.98 Å². The number of carbonyl (C=O) groups excluding carboxylic acids is 1. The highest BCUT2D eigenvalue weighted by Gasteiger charge is 2.31. The van der Waals surface area contributed by atoms with Crippen LogP contribution in [0.3, 0.4) is 0 Å². The van der Waals surface area contributed by atoms with E-state index in [1.54, 1.807) is 48.3 Å². The van der Waals surface area contributed by atoms with Gasteiger partial charge in [0.25, 0.3) is 0 Å². The molecule has 0 radical (unpaired) electrons. The first-order valence-corrected chi connectivity index (χ1v) is 15.5. The number of thioether (sulfide) groups is 1. The maximum Gasteiger partial charge on any atom is 0.355 e. The minimum atomic E-state index is -0.757. The number of carbonyl (C=O) groups is 1. The monoisotopic (exact) mass is 619 g/mol. The molecule has 1 amide bonds. The van der Waals surface area contributed by atoms with Crippen molar-refractivity contribution in [2.45, 2.75) is 37.6 Å². The fourth-order valence-electron chi connectivity index (χ4n) is 5.69. The van der Waals surface area contributed by atoms with Gasteiger partial charge in [0, 0.05) is 56.6 Å². The Morgan fingerprint density at radius 3 is 2.55 bits per heavy atom. The van der Waals surface area contributed by atoms with Crippen LogP contribution in [0.4, 0.5) is 20.3 Å². The highest BCUT2D eigenvalue weighted by Crippen LogP contribution is 2.38. The molecule has 0 unspecified atom stereocenters. The molecule has 0 N–H and O–H groups in total. The molecule has 1 atom stereocenters. The van der Waals surface area contributed by atoms with Crippen molar-refractivity contribution < 1.29 is 13.6 Å².